The van der Waals surface area contributed by atoms with E-state index in [0.29, 0.717) is 10.1 Å². The number of amides is 1. The van der Waals surface area contributed by atoms with Gasteiger partial charge >= 0.3 is 0 Å². The van der Waals surface area contributed by atoms with Gasteiger partial charge in [0.05, 0.1) is 10.2 Å². The van der Waals surface area contributed by atoms with Gasteiger partial charge in [-0.2, -0.15) is 0 Å². The first-order chi connectivity index (χ1) is 10.0. The molecular weight excluding hydrogens is 405 g/mol. The summed E-state index contributed by atoms with van der Waals surface area (Å²) in [5.41, 5.74) is 0.682. The van der Waals surface area contributed by atoms with Crippen LogP contribution in [0, 0.1) is 5.82 Å². The van der Waals surface area contributed by atoms with Crippen molar-refractivity contribution >= 4 is 54.4 Å². The average molecular weight is 413 g/mol. The third-order valence-electron chi connectivity index (χ3n) is 2.90. The van der Waals surface area contributed by atoms with E-state index >= 15 is 0 Å². The zero-order valence-electron chi connectivity index (χ0n) is 10.5. The summed E-state index contributed by atoms with van der Waals surface area (Å²) in [7, 11) is 0. The van der Waals surface area contributed by atoms with Crippen LogP contribution < -0.4 is 5.32 Å². The lowest BCUT2D eigenvalue weighted by Crippen LogP contribution is -2.11. The largest absolute Gasteiger partial charge is 0.450 e. The minimum absolute atomic E-state index is 0.0997. The van der Waals surface area contributed by atoms with E-state index in [4.69, 9.17) is 4.42 Å². The molecule has 0 aliphatic rings. The lowest BCUT2D eigenvalue weighted by Gasteiger charge is -2.04. The lowest BCUT2D eigenvalue weighted by molar-refractivity contribution is 0.0998. The minimum Gasteiger partial charge on any atom is -0.450 e. The van der Waals surface area contributed by atoms with E-state index in [1.165, 1.54) is 12.1 Å². The topological polar surface area (TPSA) is 42.2 Å². The number of carbonyl (C=O) groups excluding carboxylic acids is 1. The van der Waals surface area contributed by atoms with Gasteiger partial charge < -0.3 is 9.73 Å². The third-order valence-corrected chi connectivity index (χ3v) is 4.02. The van der Waals surface area contributed by atoms with Crippen molar-refractivity contribution in [2.24, 2.45) is 0 Å². The molecule has 106 valence electrons. The van der Waals surface area contributed by atoms with E-state index in [0.717, 1.165) is 9.86 Å². The maximum Gasteiger partial charge on any atom is 0.291 e. The zero-order valence-corrected chi connectivity index (χ0v) is 13.7. The number of para-hydroxylation sites is 1. The summed E-state index contributed by atoms with van der Waals surface area (Å²) in [5, 5.41) is 3.29. The third kappa shape index (κ3) is 2.87. The molecule has 6 heteroatoms. The van der Waals surface area contributed by atoms with E-state index in [1.54, 1.807) is 12.1 Å². The number of halogens is 3. The Balaban J connectivity index is 1.92. The summed E-state index contributed by atoms with van der Waals surface area (Å²) < 4.78 is 20.6. The number of furan rings is 1. The van der Waals surface area contributed by atoms with Crippen molar-refractivity contribution < 1.29 is 13.6 Å². The van der Waals surface area contributed by atoms with Crippen LogP contribution in [0.4, 0.5) is 10.1 Å². The molecule has 3 rings (SSSR count). The molecular formula is C15H8Br2FNO2. The molecule has 3 aromatic rings. The van der Waals surface area contributed by atoms with Gasteiger partial charge in [0.15, 0.2) is 5.76 Å². The van der Waals surface area contributed by atoms with Crippen LogP contribution in [-0.2, 0) is 0 Å². The maximum absolute atomic E-state index is 13.7. The number of hydrogen-bond donors (Lipinski definition) is 1. The first-order valence-electron chi connectivity index (χ1n) is 5.99. The molecule has 0 unspecified atom stereocenters. The molecule has 1 aromatic heterocycles. The summed E-state index contributed by atoms with van der Waals surface area (Å²) in [6.45, 7) is 0. The highest BCUT2D eigenvalue weighted by atomic mass is 79.9. The molecule has 0 bridgehead atoms. The second-order valence-corrected chi connectivity index (χ2v) is 6.12. The standard InChI is InChI=1S/C15H8Br2FNO2/c16-9-4-5-12(11(18)7-9)19-15(20)13-6-8-2-1-3-10(17)14(8)21-13/h1-7H,(H,19,20). The molecule has 0 spiro atoms. The van der Waals surface area contributed by atoms with Gasteiger partial charge in [0.1, 0.15) is 11.4 Å². The van der Waals surface area contributed by atoms with Crippen LogP contribution in [0.3, 0.4) is 0 Å². The van der Waals surface area contributed by atoms with E-state index in [1.807, 2.05) is 18.2 Å². The van der Waals surface area contributed by atoms with Crippen molar-refractivity contribution in [1.29, 1.82) is 0 Å². The van der Waals surface area contributed by atoms with Crippen LogP contribution in [0.2, 0.25) is 0 Å². The lowest BCUT2D eigenvalue weighted by atomic mass is 10.2. The van der Waals surface area contributed by atoms with Crippen molar-refractivity contribution in [3.05, 3.63) is 63.0 Å². The smallest absolute Gasteiger partial charge is 0.291 e. The highest BCUT2D eigenvalue weighted by Gasteiger charge is 2.15. The first kappa shape index (κ1) is 14.3. The number of benzene rings is 2. The van der Waals surface area contributed by atoms with Gasteiger partial charge in [-0.05, 0) is 46.3 Å². The van der Waals surface area contributed by atoms with Gasteiger partial charge in [-0.3, -0.25) is 4.79 Å². The SMILES string of the molecule is O=C(Nc1ccc(Br)cc1F)c1cc2cccc(Br)c2o1. The predicted octanol–water partition coefficient (Wildman–Crippen LogP) is 5.35. The van der Waals surface area contributed by atoms with Gasteiger partial charge in [-0.15, -0.1) is 0 Å². The van der Waals surface area contributed by atoms with E-state index in [2.05, 4.69) is 37.2 Å². The summed E-state index contributed by atoms with van der Waals surface area (Å²) in [6, 6.07) is 11.5. The van der Waals surface area contributed by atoms with Gasteiger partial charge in [0.2, 0.25) is 0 Å². The Morgan fingerprint density at radius 3 is 2.67 bits per heavy atom. The summed E-state index contributed by atoms with van der Waals surface area (Å²) >= 11 is 6.52. The number of hydrogen-bond acceptors (Lipinski definition) is 2. The molecule has 1 heterocycles. The molecule has 0 saturated heterocycles. The normalized spacial score (nSPS) is 10.8. The molecule has 2 aromatic carbocycles. The van der Waals surface area contributed by atoms with Gasteiger partial charge in [0, 0.05) is 9.86 Å². The molecule has 0 radical (unpaired) electrons. The number of carbonyl (C=O) groups is 1. The van der Waals surface area contributed by atoms with Crippen molar-refractivity contribution in [3.8, 4) is 0 Å². The Kier molecular flexibility index (Phi) is 3.82. The Morgan fingerprint density at radius 1 is 1.14 bits per heavy atom. The fraction of sp³-hybridized carbons (Fsp3) is 0. The van der Waals surface area contributed by atoms with Crippen molar-refractivity contribution in [3.63, 3.8) is 0 Å². The summed E-state index contributed by atoms with van der Waals surface area (Å²) in [5.74, 6) is -0.895. The first-order valence-corrected chi connectivity index (χ1v) is 7.57. The Morgan fingerprint density at radius 2 is 1.95 bits per heavy atom. The van der Waals surface area contributed by atoms with Crippen LogP contribution in [0.5, 0.6) is 0 Å². The molecule has 0 fully saturated rings. The molecule has 1 amide bonds. The van der Waals surface area contributed by atoms with E-state index < -0.39 is 11.7 Å². The number of rotatable bonds is 2. The fourth-order valence-electron chi connectivity index (χ4n) is 1.91. The molecule has 0 saturated carbocycles. The highest BCUT2D eigenvalue weighted by molar-refractivity contribution is 9.11. The quantitative estimate of drug-likeness (QED) is 0.616. The molecule has 0 aliphatic heterocycles. The Bertz CT molecular complexity index is 845. The van der Waals surface area contributed by atoms with Crippen LogP contribution in [0.15, 0.2) is 55.8 Å². The van der Waals surface area contributed by atoms with Crippen LogP contribution >= 0.6 is 31.9 Å². The van der Waals surface area contributed by atoms with Crippen molar-refractivity contribution in [2.45, 2.75) is 0 Å². The van der Waals surface area contributed by atoms with E-state index in [-0.39, 0.29) is 11.4 Å². The fourth-order valence-corrected chi connectivity index (χ4v) is 2.71. The molecule has 1 N–H and O–H groups in total. The Hall–Kier alpha value is -1.66. The maximum atomic E-state index is 13.7. The summed E-state index contributed by atoms with van der Waals surface area (Å²) in [4.78, 5) is 12.1. The minimum atomic E-state index is -0.519. The van der Waals surface area contributed by atoms with E-state index in [9.17, 15) is 9.18 Å². The molecule has 21 heavy (non-hydrogen) atoms. The summed E-state index contributed by atoms with van der Waals surface area (Å²) in [6.07, 6.45) is 0. The molecule has 0 aliphatic carbocycles. The van der Waals surface area contributed by atoms with Crippen molar-refractivity contribution in [1.82, 2.24) is 0 Å². The highest BCUT2D eigenvalue weighted by Crippen LogP contribution is 2.27. The number of fused-ring (bicyclic) bond motifs is 1. The van der Waals surface area contributed by atoms with Crippen LogP contribution in [0.1, 0.15) is 10.6 Å². The number of anilines is 1. The van der Waals surface area contributed by atoms with Crippen molar-refractivity contribution in [2.75, 3.05) is 5.32 Å². The van der Waals surface area contributed by atoms with Gasteiger partial charge in [-0.1, -0.05) is 28.1 Å². The zero-order chi connectivity index (χ0) is 15.0. The monoisotopic (exact) mass is 411 g/mol. The van der Waals surface area contributed by atoms with Crippen LogP contribution in [0.25, 0.3) is 11.0 Å². The average Bonchev–Trinajstić information content (AvgIpc) is 2.87. The van der Waals surface area contributed by atoms with Gasteiger partial charge in [0.25, 0.3) is 5.91 Å². The van der Waals surface area contributed by atoms with Gasteiger partial charge in [-0.25, -0.2) is 4.39 Å². The second-order valence-electron chi connectivity index (χ2n) is 4.35. The number of nitrogens with one attached hydrogen (secondary N) is 1. The predicted molar refractivity (Wildman–Crippen MR) is 86.0 cm³/mol. The molecule has 3 nitrogen and oxygen atoms in total. The Labute approximate surface area is 136 Å². The second kappa shape index (κ2) is 5.61. The van der Waals surface area contributed by atoms with Crippen LogP contribution in [-0.4, -0.2) is 5.91 Å². The molecule has 0 atom stereocenters.